The Morgan fingerprint density at radius 3 is 2.82 bits per heavy atom. The van der Waals surface area contributed by atoms with Crippen LogP contribution >= 0.6 is 7.82 Å². The largest absolute Gasteiger partial charge is 0.509 e. The summed E-state index contributed by atoms with van der Waals surface area (Å²) < 4.78 is 74.8. The van der Waals surface area contributed by atoms with Crippen molar-refractivity contribution >= 4 is 31.1 Å². The SMILES string of the molecule is C[C@@]12OC(=O)O[C@@H]1[C@@H](CO[P@@]1(=O)OCC[C@@H](c3cc(F)cc(F)c3)O1)O[C@H]2n1cnc2nc(N)[nH]c(=O)c21. The molecule has 38 heavy (non-hydrogen) atoms. The van der Waals surface area contributed by atoms with Crippen LogP contribution in [-0.2, 0) is 32.3 Å². The number of carbonyl (C=O) groups excluding carboxylic acids is 1. The zero-order chi connectivity index (χ0) is 26.8. The lowest BCUT2D eigenvalue weighted by atomic mass is 9.96. The maximum Gasteiger partial charge on any atom is 0.509 e. The van der Waals surface area contributed by atoms with Crippen LogP contribution < -0.4 is 11.3 Å². The summed E-state index contributed by atoms with van der Waals surface area (Å²) in [5, 5.41) is 0. The number of phosphoric ester groups is 1. The molecule has 3 aliphatic heterocycles. The minimum atomic E-state index is -4.23. The number of ether oxygens (including phenoxy) is 3. The molecular weight excluding hydrogens is 535 g/mol. The number of nitrogen functional groups attached to an aromatic ring is 1. The third-order valence-corrected chi connectivity index (χ3v) is 7.95. The number of rotatable bonds is 5. The first-order valence-corrected chi connectivity index (χ1v) is 12.8. The number of carbonyl (C=O) groups is 1. The van der Waals surface area contributed by atoms with Gasteiger partial charge in [-0.3, -0.25) is 27.9 Å². The van der Waals surface area contributed by atoms with Crippen molar-refractivity contribution in [3.63, 3.8) is 0 Å². The summed E-state index contributed by atoms with van der Waals surface area (Å²) >= 11 is 0. The molecule has 0 radical (unpaired) electrons. The molecule has 3 aromatic rings. The standard InChI is InChI=1S/C21H20F2N5O9P/c1-21-15(35-20(30)36-21)13(34-18(21)28-8-25-16-14(28)17(29)27-19(24)26-16)7-33-38(31)32-3-2-12(37-38)9-4-10(22)6-11(23)5-9/h4-6,8,12-13,15,18H,2-3,7H2,1H3,(H3,24,26,27,29)/t12-,13+,15+,18+,21+,38+/m0/s1. The molecule has 14 nitrogen and oxygen atoms in total. The molecule has 5 heterocycles. The maximum atomic E-state index is 13.7. The number of nitrogens with one attached hydrogen (secondary N) is 1. The van der Waals surface area contributed by atoms with Gasteiger partial charge < -0.3 is 19.9 Å². The van der Waals surface area contributed by atoms with Gasteiger partial charge in [-0.15, -0.1) is 0 Å². The van der Waals surface area contributed by atoms with Crippen molar-refractivity contribution in [2.75, 3.05) is 18.9 Å². The molecule has 0 saturated carbocycles. The summed E-state index contributed by atoms with van der Waals surface area (Å²) in [5.41, 5.74) is 3.70. The van der Waals surface area contributed by atoms with Crippen LogP contribution in [0.4, 0.5) is 19.5 Å². The summed E-state index contributed by atoms with van der Waals surface area (Å²) in [4.78, 5) is 35.1. The first kappa shape index (κ1) is 24.9. The molecule has 3 aliphatic rings. The quantitative estimate of drug-likeness (QED) is 0.348. The molecule has 3 saturated heterocycles. The molecule has 6 rings (SSSR count). The zero-order valence-corrected chi connectivity index (χ0v) is 20.4. The van der Waals surface area contributed by atoms with E-state index in [1.807, 2.05) is 0 Å². The van der Waals surface area contributed by atoms with Gasteiger partial charge in [0.25, 0.3) is 5.56 Å². The molecule has 17 heteroatoms. The van der Waals surface area contributed by atoms with Crippen molar-refractivity contribution in [1.82, 2.24) is 19.5 Å². The molecule has 0 amide bonds. The normalized spacial score (nSPS) is 32.8. The van der Waals surface area contributed by atoms with Crippen LogP contribution in [0.15, 0.2) is 29.3 Å². The fourth-order valence-corrected chi connectivity index (χ4v) is 6.23. The second-order valence-corrected chi connectivity index (χ2v) is 10.7. The highest BCUT2D eigenvalue weighted by molar-refractivity contribution is 7.48. The highest BCUT2D eigenvalue weighted by atomic mass is 31.2. The Kier molecular flexibility index (Phi) is 5.77. The summed E-state index contributed by atoms with van der Waals surface area (Å²) in [5.74, 6) is -1.77. The van der Waals surface area contributed by atoms with Gasteiger partial charge >= 0.3 is 14.0 Å². The summed E-state index contributed by atoms with van der Waals surface area (Å²) in [6, 6.07) is 2.83. The highest BCUT2D eigenvalue weighted by Crippen LogP contribution is 2.58. The number of halogens is 2. The van der Waals surface area contributed by atoms with Crippen molar-refractivity contribution in [3.05, 3.63) is 52.1 Å². The number of imidazole rings is 1. The first-order valence-electron chi connectivity index (χ1n) is 11.4. The Hall–Kier alpha value is -3.43. The van der Waals surface area contributed by atoms with Crippen molar-refractivity contribution in [1.29, 1.82) is 0 Å². The first-order chi connectivity index (χ1) is 18.0. The third kappa shape index (κ3) is 4.14. The molecule has 202 valence electrons. The molecule has 0 spiro atoms. The van der Waals surface area contributed by atoms with E-state index >= 15 is 0 Å². The Morgan fingerprint density at radius 1 is 1.29 bits per heavy atom. The average molecular weight is 555 g/mol. The van der Waals surface area contributed by atoms with E-state index in [1.54, 1.807) is 0 Å². The van der Waals surface area contributed by atoms with Crippen molar-refractivity contribution < 1.29 is 45.9 Å². The smallest absolute Gasteiger partial charge is 0.424 e. The molecule has 0 bridgehead atoms. The maximum absolute atomic E-state index is 13.7. The lowest BCUT2D eigenvalue weighted by Gasteiger charge is -2.30. The zero-order valence-electron chi connectivity index (χ0n) is 19.5. The van der Waals surface area contributed by atoms with Gasteiger partial charge in [-0.2, -0.15) is 4.98 Å². The van der Waals surface area contributed by atoms with E-state index in [0.29, 0.717) is 6.07 Å². The minimum absolute atomic E-state index is 0.00519. The number of anilines is 1. The fraction of sp³-hybridized carbons (Fsp3) is 0.429. The van der Waals surface area contributed by atoms with Gasteiger partial charge in [0, 0.05) is 12.5 Å². The average Bonchev–Trinajstić information content (AvgIpc) is 3.46. The monoisotopic (exact) mass is 555 g/mol. The lowest BCUT2D eigenvalue weighted by Crippen LogP contribution is -2.42. The number of H-pyrrole nitrogens is 1. The third-order valence-electron chi connectivity index (χ3n) is 6.47. The van der Waals surface area contributed by atoms with Crippen molar-refractivity contribution in [2.45, 2.75) is 43.5 Å². The van der Waals surface area contributed by atoms with Crippen molar-refractivity contribution in [3.8, 4) is 0 Å². The number of benzene rings is 1. The topological polar surface area (TPSA) is 179 Å². The van der Waals surface area contributed by atoms with Crippen LogP contribution in [0, 0.1) is 11.6 Å². The van der Waals surface area contributed by atoms with E-state index in [2.05, 4.69) is 15.0 Å². The van der Waals surface area contributed by atoms with E-state index in [4.69, 9.17) is 33.5 Å². The highest BCUT2D eigenvalue weighted by Gasteiger charge is 2.64. The molecule has 6 atom stereocenters. The molecule has 0 aliphatic carbocycles. The number of hydrogen-bond acceptors (Lipinski definition) is 12. The van der Waals surface area contributed by atoms with Crippen LogP contribution in [-0.4, -0.2) is 56.7 Å². The van der Waals surface area contributed by atoms with Crippen LogP contribution in [0.25, 0.3) is 11.2 Å². The minimum Gasteiger partial charge on any atom is -0.424 e. The van der Waals surface area contributed by atoms with Gasteiger partial charge in [0.2, 0.25) is 5.95 Å². The molecular formula is C21H20F2N5O9P. The molecule has 3 fully saturated rings. The van der Waals surface area contributed by atoms with Gasteiger partial charge in [-0.05, 0) is 24.6 Å². The Labute approximate surface area is 211 Å². The van der Waals surface area contributed by atoms with Crippen LogP contribution in [0.1, 0.15) is 31.2 Å². The van der Waals surface area contributed by atoms with Crippen LogP contribution in [0.3, 0.4) is 0 Å². The van der Waals surface area contributed by atoms with E-state index in [0.717, 1.165) is 12.1 Å². The van der Waals surface area contributed by atoms with Crippen LogP contribution in [0.2, 0.25) is 0 Å². The van der Waals surface area contributed by atoms with Gasteiger partial charge in [0.15, 0.2) is 29.1 Å². The van der Waals surface area contributed by atoms with Crippen molar-refractivity contribution in [2.24, 2.45) is 0 Å². The summed E-state index contributed by atoms with van der Waals surface area (Å²) in [6.07, 6.45) is -3.73. The van der Waals surface area contributed by atoms with Gasteiger partial charge in [0.05, 0.1) is 19.3 Å². The number of fused-ring (bicyclic) bond motifs is 2. The van der Waals surface area contributed by atoms with Gasteiger partial charge in [-0.25, -0.2) is 23.1 Å². The summed E-state index contributed by atoms with van der Waals surface area (Å²) in [6.45, 7) is 0.999. The Bertz CT molecular complexity index is 1530. The summed E-state index contributed by atoms with van der Waals surface area (Å²) in [7, 11) is -4.23. The lowest BCUT2D eigenvalue weighted by molar-refractivity contribution is -0.0924. The fourth-order valence-electron chi connectivity index (χ4n) is 4.84. The number of nitrogens with zero attached hydrogens (tertiary/aromatic N) is 3. The Morgan fingerprint density at radius 2 is 2.05 bits per heavy atom. The molecule has 0 unspecified atom stereocenters. The van der Waals surface area contributed by atoms with Crippen LogP contribution in [0.5, 0.6) is 0 Å². The Balaban J connectivity index is 1.24. The number of hydrogen-bond donors (Lipinski definition) is 2. The predicted molar refractivity (Wildman–Crippen MR) is 121 cm³/mol. The van der Waals surface area contributed by atoms with E-state index in [-0.39, 0.29) is 35.7 Å². The van der Waals surface area contributed by atoms with Gasteiger partial charge in [0.1, 0.15) is 24.1 Å². The molecule has 2 aromatic heterocycles. The molecule has 3 N–H and O–H groups in total. The number of aromatic amines is 1. The van der Waals surface area contributed by atoms with E-state index in [9.17, 15) is 22.9 Å². The van der Waals surface area contributed by atoms with E-state index < -0.39 is 67.9 Å². The number of phosphoric acid groups is 1. The second kappa shape index (κ2) is 8.81. The molecule has 1 aromatic carbocycles. The number of aromatic nitrogens is 4. The van der Waals surface area contributed by atoms with Gasteiger partial charge in [-0.1, -0.05) is 0 Å². The predicted octanol–water partition coefficient (Wildman–Crippen LogP) is 2.47. The second-order valence-electron chi connectivity index (χ2n) is 9.04. The van der Waals surface area contributed by atoms with E-state index in [1.165, 1.54) is 17.8 Å². The number of nitrogens with two attached hydrogens (primary N) is 1.